The van der Waals surface area contributed by atoms with Crippen molar-refractivity contribution in [2.75, 3.05) is 0 Å². The molecule has 0 bridgehead atoms. The van der Waals surface area contributed by atoms with E-state index in [9.17, 15) is 4.79 Å². The van der Waals surface area contributed by atoms with Gasteiger partial charge in [0.25, 0.3) is 0 Å². The van der Waals surface area contributed by atoms with Crippen LogP contribution in [-0.2, 0) is 10.2 Å². The van der Waals surface area contributed by atoms with Crippen LogP contribution >= 0.6 is 39.1 Å². The third-order valence-electron chi connectivity index (χ3n) is 2.10. The lowest BCUT2D eigenvalue weighted by molar-refractivity contribution is -0.115. The Morgan fingerprint density at radius 1 is 1.43 bits per heavy atom. The van der Waals surface area contributed by atoms with Crippen LogP contribution in [0.2, 0.25) is 5.02 Å². The first-order chi connectivity index (χ1) is 6.35. The highest BCUT2D eigenvalue weighted by molar-refractivity contribution is 9.10. The van der Waals surface area contributed by atoms with Gasteiger partial charge in [-0.15, -0.1) is 0 Å². The van der Waals surface area contributed by atoms with Crippen molar-refractivity contribution >= 4 is 44.4 Å². The number of carbonyl (C=O) groups is 1. The molecule has 0 radical (unpaired) electrons. The normalized spacial score (nSPS) is 11.5. The molecular weight excluding hydrogens is 287 g/mol. The minimum Gasteiger partial charge on any atom is -0.280 e. The summed E-state index contributed by atoms with van der Waals surface area (Å²) in [5, 5.41) is 0.235. The predicted molar refractivity (Wildman–Crippen MR) is 63.0 cm³/mol. The molecule has 0 unspecified atom stereocenters. The summed E-state index contributed by atoms with van der Waals surface area (Å²) in [4.78, 5) is 11.2. The van der Waals surface area contributed by atoms with Gasteiger partial charge in [-0.3, -0.25) is 4.79 Å². The molecule has 1 nitrogen and oxygen atoms in total. The van der Waals surface area contributed by atoms with E-state index >= 15 is 0 Å². The first-order valence-corrected chi connectivity index (χ1v) is 5.56. The molecule has 0 aromatic heterocycles. The maximum atomic E-state index is 11.2. The molecule has 0 saturated carbocycles. The summed E-state index contributed by atoms with van der Waals surface area (Å²) < 4.78 is 0.795. The van der Waals surface area contributed by atoms with Crippen LogP contribution in [0.5, 0.6) is 0 Å². The molecule has 0 fully saturated rings. The summed E-state index contributed by atoms with van der Waals surface area (Å²) in [5.74, 6) is 0. The minimum absolute atomic E-state index is 0.388. The number of hydrogen-bond acceptors (Lipinski definition) is 1. The van der Waals surface area contributed by atoms with E-state index in [1.165, 1.54) is 0 Å². The molecule has 1 aromatic carbocycles. The van der Waals surface area contributed by atoms with E-state index in [1.54, 1.807) is 32.0 Å². The zero-order valence-electron chi connectivity index (χ0n) is 7.77. The quantitative estimate of drug-likeness (QED) is 0.749. The zero-order valence-corrected chi connectivity index (χ0v) is 10.9. The number of rotatable bonds is 2. The molecule has 0 saturated heterocycles. The highest BCUT2D eigenvalue weighted by Gasteiger charge is 2.29. The average molecular weight is 296 g/mol. The van der Waals surface area contributed by atoms with Crippen molar-refractivity contribution in [1.29, 1.82) is 0 Å². The Bertz CT molecular complexity index is 374. The molecule has 0 spiro atoms. The summed E-state index contributed by atoms with van der Waals surface area (Å²) in [6.07, 6.45) is 0. The standard InChI is InChI=1S/C10H9BrCl2O/c1-10(2,9(13)14)7-4-3-6(12)5-8(7)11/h3-5H,1-2H3. The third kappa shape index (κ3) is 2.30. The van der Waals surface area contributed by atoms with Crippen molar-refractivity contribution in [3.63, 3.8) is 0 Å². The Kier molecular flexibility index (Phi) is 3.62. The maximum Gasteiger partial charge on any atom is 0.231 e. The number of benzene rings is 1. The SMILES string of the molecule is CC(C)(C(=O)Cl)c1ccc(Cl)cc1Br. The fourth-order valence-corrected chi connectivity index (χ4v) is 2.38. The minimum atomic E-state index is -0.703. The van der Waals surface area contributed by atoms with Gasteiger partial charge in [0.05, 0.1) is 5.41 Å². The lowest BCUT2D eigenvalue weighted by Crippen LogP contribution is -2.25. The van der Waals surface area contributed by atoms with Crippen LogP contribution in [0.3, 0.4) is 0 Å². The fourth-order valence-electron chi connectivity index (χ4n) is 1.10. The second-order valence-corrected chi connectivity index (χ2v) is 5.16. The van der Waals surface area contributed by atoms with Gasteiger partial charge < -0.3 is 0 Å². The molecule has 0 N–H and O–H groups in total. The van der Waals surface area contributed by atoms with E-state index in [-0.39, 0.29) is 5.24 Å². The molecule has 0 heterocycles. The van der Waals surface area contributed by atoms with Crippen LogP contribution in [0.4, 0.5) is 0 Å². The molecule has 76 valence electrons. The van der Waals surface area contributed by atoms with Gasteiger partial charge in [-0.05, 0) is 43.1 Å². The second-order valence-electron chi connectivity index (χ2n) is 3.52. The Balaban J connectivity index is 3.26. The van der Waals surface area contributed by atoms with Crippen molar-refractivity contribution < 1.29 is 4.79 Å². The molecule has 0 aliphatic carbocycles. The van der Waals surface area contributed by atoms with Gasteiger partial charge in [-0.2, -0.15) is 0 Å². The fraction of sp³-hybridized carbons (Fsp3) is 0.300. The molecule has 0 amide bonds. The van der Waals surface area contributed by atoms with Crippen LogP contribution in [0, 0.1) is 0 Å². The lowest BCUT2D eigenvalue weighted by atomic mass is 9.86. The monoisotopic (exact) mass is 294 g/mol. The average Bonchev–Trinajstić information content (AvgIpc) is 2.02. The molecule has 0 aliphatic heterocycles. The van der Waals surface area contributed by atoms with E-state index in [4.69, 9.17) is 23.2 Å². The summed E-state index contributed by atoms with van der Waals surface area (Å²) >= 11 is 14.7. The van der Waals surface area contributed by atoms with Crippen LogP contribution in [-0.4, -0.2) is 5.24 Å². The van der Waals surface area contributed by atoms with Gasteiger partial charge in [0.15, 0.2) is 0 Å². The molecule has 1 rings (SSSR count). The smallest absolute Gasteiger partial charge is 0.231 e. The highest BCUT2D eigenvalue weighted by Crippen LogP contribution is 2.33. The lowest BCUT2D eigenvalue weighted by Gasteiger charge is -2.21. The van der Waals surface area contributed by atoms with Gasteiger partial charge in [-0.1, -0.05) is 33.6 Å². The molecule has 14 heavy (non-hydrogen) atoms. The molecule has 4 heteroatoms. The molecular formula is C10H9BrCl2O. The maximum absolute atomic E-state index is 11.2. The topological polar surface area (TPSA) is 17.1 Å². The van der Waals surface area contributed by atoms with Crippen molar-refractivity contribution in [3.05, 3.63) is 33.3 Å². The van der Waals surface area contributed by atoms with E-state index in [1.807, 2.05) is 0 Å². The van der Waals surface area contributed by atoms with Gasteiger partial charge in [0.1, 0.15) is 0 Å². The third-order valence-corrected chi connectivity index (χ3v) is 3.46. The summed E-state index contributed by atoms with van der Waals surface area (Å²) in [6.45, 7) is 3.55. The number of halogens is 3. The van der Waals surface area contributed by atoms with E-state index in [2.05, 4.69) is 15.9 Å². The molecule has 0 aliphatic rings. The predicted octanol–water partition coefficient (Wildman–Crippen LogP) is 4.15. The highest BCUT2D eigenvalue weighted by atomic mass is 79.9. The number of hydrogen-bond donors (Lipinski definition) is 0. The second kappa shape index (κ2) is 4.21. The van der Waals surface area contributed by atoms with E-state index < -0.39 is 5.41 Å². The van der Waals surface area contributed by atoms with Crippen LogP contribution in [0.1, 0.15) is 19.4 Å². The van der Waals surface area contributed by atoms with Crippen LogP contribution < -0.4 is 0 Å². The van der Waals surface area contributed by atoms with Crippen molar-refractivity contribution in [2.24, 2.45) is 0 Å². The summed E-state index contributed by atoms with van der Waals surface area (Å²) in [5.41, 5.74) is 0.132. The molecule has 0 atom stereocenters. The largest absolute Gasteiger partial charge is 0.280 e. The van der Waals surface area contributed by atoms with Crippen molar-refractivity contribution in [1.82, 2.24) is 0 Å². The van der Waals surface area contributed by atoms with Crippen LogP contribution in [0.15, 0.2) is 22.7 Å². The Morgan fingerprint density at radius 3 is 2.43 bits per heavy atom. The van der Waals surface area contributed by atoms with Crippen molar-refractivity contribution in [2.45, 2.75) is 19.3 Å². The van der Waals surface area contributed by atoms with Crippen molar-refractivity contribution in [3.8, 4) is 0 Å². The summed E-state index contributed by atoms with van der Waals surface area (Å²) in [7, 11) is 0. The number of carbonyl (C=O) groups excluding carboxylic acids is 1. The van der Waals surface area contributed by atoms with Gasteiger partial charge in [-0.25, -0.2) is 0 Å². The first-order valence-electron chi connectivity index (χ1n) is 4.01. The zero-order chi connectivity index (χ0) is 10.9. The first kappa shape index (κ1) is 12.0. The molecule has 1 aromatic rings. The Labute approximate surface area is 102 Å². The van der Waals surface area contributed by atoms with Gasteiger partial charge in [0.2, 0.25) is 5.24 Å². The Morgan fingerprint density at radius 2 is 2.00 bits per heavy atom. The van der Waals surface area contributed by atoms with Crippen LogP contribution in [0.25, 0.3) is 0 Å². The van der Waals surface area contributed by atoms with Gasteiger partial charge in [0, 0.05) is 9.50 Å². The summed E-state index contributed by atoms with van der Waals surface area (Å²) in [6, 6.07) is 5.29. The van der Waals surface area contributed by atoms with E-state index in [0.29, 0.717) is 5.02 Å². The van der Waals surface area contributed by atoms with E-state index in [0.717, 1.165) is 10.0 Å². The van der Waals surface area contributed by atoms with Gasteiger partial charge >= 0.3 is 0 Å². The Hall–Kier alpha value is -0.0500.